The van der Waals surface area contributed by atoms with Crippen molar-refractivity contribution in [2.75, 3.05) is 6.54 Å². The van der Waals surface area contributed by atoms with Gasteiger partial charge in [-0.3, -0.25) is 9.59 Å². The molecule has 2 aromatic carbocycles. The lowest BCUT2D eigenvalue weighted by atomic mass is 10.0. The molecule has 0 unspecified atom stereocenters. The van der Waals surface area contributed by atoms with Crippen LogP contribution in [-0.4, -0.2) is 18.4 Å². The highest BCUT2D eigenvalue weighted by Gasteiger charge is 2.17. The minimum absolute atomic E-state index is 0.152. The Hall–Kier alpha value is -2.62. The van der Waals surface area contributed by atoms with Gasteiger partial charge in [-0.05, 0) is 24.0 Å². The van der Waals surface area contributed by atoms with E-state index in [0.717, 1.165) is 11.1 Å². The molecule has 0 heterocycles. The molecule has 2 N–H and O–H groups in total. The van der Waals surface area contributed by atoms with Gasteiger partial charge in [0.1, 0.15) is 0 Å². The van der Waals surface area contributed by atoms with Gasteiger partial charge in [-0.25, -0.2) is 0 Å². The number of nitrogens with one attached hydrogen (secondary N) is 2. The topological polar surface area (TPSA) is 58.2 Å². The maximum atomic E-state index is 12.0. The summed E-state index contributed by atoms with van der Waals surface area (Å²) in [6.07, 6.45) is 0. The van der Waals surface area contributed by atoms with Gasteiger partial charge in [-0.1, -0.05) is 67.6 Å². The van der Waals surface area contributed by atoms with Crippen LogP contribution in [0.25, 0.3) is 0 Å². The predicted octanol–water partition coefficient (Wildman–Crippen LogP) is 2.78. The molecule has 0 spiro atoms. The number of hydrogen-bond acceptors (Lipinski definition) is 2. The predicted molar refractivity (Wildman–Crippen MR) is 90.9 cm³/mol. The van der Waals surface area contributed by atoms with Gasteiger partial charge in [0.2, 0.25) is 0 Å². The second-order valence-corrected chi connectivity index (χ2v) is 5.63. The minimum atomic E-state index is -0.610. The molecular weight excluding hydrogens is 288 g/mol. The lowest BCUT2D eigenvalue weighted by Crippen LogP contribution is -2.42. The van der Waals surface area contributed by atoms with Crippen molar-refractivity contribution >= 4 is 11.8 Å². The number of hydrogen-bond donors (Lipinski definition) is 2. The van der Waals surface area contributed by atoms with Crippen molar-refractivity contribution in [1.82, 2.24) is 10.6 Å². The zero-order valence-corrected chi connectivity index (χ0v) is 13.5. The van der Waals surface area contributed by atoms with E-state index in [4.69, 9.17) is 0 Å². The maximum Gasteiger partial charge on any atom is 0.309 e. The van der Waals surface area contributed by atoms with Gasteiger partial charge in [-0.2, -0.15) is 0 Å². The summed E-state index contributed by atoms with van der Waals surface area (Å²) < 4.78 is 0. The van der Waals surface area contributed by atoms with Crippen LogP contribution < -0.4 is 10.6 Å². The molecule has 4 heteroatoms. The molecule has 0 aliphatic carbocycles. The van der Waals surface area contributed by atoms with Crippen LogP contribution in [0.3, 0.4) is 0 Å². The van der Waals surface area contributed by atoms with Gasteiger partial charge in [0.05, 0.1) is 6.04 Å². The smallest absolute Gasteiger partial charge is 0.309 e. The summed E-state index contributed by atoms with van der Waals surface area (Å²) in [5.41, 5.74) is 2.09. The van der Waals surface area contributed by atoms with Crippen molar-refractivity contribution in [2.24, 2.45) is 0 Å². The average molecular weight is 310 g/mol. The fourth-order valence-electron chi connectivity index (χ4n) is 2.31. The van der Waals surface area contributed by atoms with Crippen LogP contribution in [0.15, 0.2) is 60.7 Å². The average Bonchev–Trinajstić information content (AvgIpc) is 2.60. The van der Waals surface area contributed by atoms with Crippen LogP contribution in [0.5, 0.6) is 0 Å². The fraction of sp³-hybridized carbons (Fsp3) is 0.263. The molecular formula is C19H22N2O2. The molecule has 0 saturated heterocycles. The Morgan fingerprint density at radius 3 is 1.91 bits per heavy atom. The zero-order valence-electron chi connectivity index (χ0n) is 13.5. The van der Waals surface area contributed by atoms with Gasteiger partial charge in [0, 0.05) is 6.54 Å². The first-order valence-electron chi connectivity index (χ1n) is 7.76. The van der Waals surface area contributed by atoms with E-state index in [1.165, 1.54) is 0 Å². The van der Waals surface area contributed by atoms with Crippen LogP contribution in [-0.2, 0) is 9.59 Å². The molecule has 0 aliphatic rings. The third-order valence-corrected chi connectivity index (χ3v) is 3.79. The van der Waals surface area contributed by atoms with Crippen LogP contribution in [0, 0.1) is 0 Å². The lowest BCUT2D eigenvalue weighted by molar-refractivity contribution is -0.139. The highest BCUT2D eigenvalue weighted by Crippen LogP contribution is 2.13. The number of carbonyl (C=O) groups is 2. The molecule has 2 amide bonds. The van der Waals surface area contributed by atoms with Gasteiger partial charge in [0.15, 0.2) is 0 Å². The van der Waals surface area contributed by atoms with Crippen molar-refractivity contribution < 1.29 is 9.59 Å². The first kappa shape index (κ1) is 16.7. The number of rotatable bonds is 5. The van der Waals surface area contributed by atoms with Crippen molar-refractivity contribution in [3.63, 3.8) is 0 Å². The third kappa shape index (κ3) is 4.95. The molecule has 0 aromatic heterocycles. The normalized spacial score (nSPS) is 13.0. The Balaban J connectivity index is 1.82. The van der Waals surface area contributed by atoms with E-state index < -0.39 is 11.8 Å². The number of amides is 2. The molecule has 0 aliphatic heterocycles. The fourth-order valence-corrected chi connectivity index (χ4v) is 2.31. The summed E-state index contributed by atoms with van der Waals surface area (Å²) in [5.74, 6) is -1.06. The second-order valence-electron chi connectivity index (χ2n) is 5.63. The molecule has 0 bridgehead atoms. The summed E-state index contributed by atoms with van der Waals surface area (Å²) in [7, 11) is 0. The third-order valence-electron chi connectivity index (χ3n) is 3.79. The molecule has 4 nitrogen and oxygen atoms in total. The Bertz CT molecular complexity index is 641. The molecule has 120 valence electrons. The first-order chi connectivity index (χ1) is 11.1. The summed E-state index contributed by atoms with van der Waals surface area (Å²) in [6, 6.07) is 19.2. The summed E-state index contributed by atoms with van der Waals surface area (Å²) >= 11 is 0. The van der Waals surface area contributed by atoms with Gasteiger partial charge >= 0.3 is 11.8 Å². The molecule has 0 radical (unpaired) electrons. The first-order valence-corrected chi connectivity index (χ1v) is 7.76. The van der Waals surface area contributed by atoms with Crippen LogP contribution in [0.1, 0.15) is 36.9 Å². The zero-order chi connectivity index (χ0) is 16.7. The summed E-state index contributed by atoms with van der Waals surface area (Å²) in [4.78, 5) is 23.9. The largest absolute Gasteiger partial charge is 0.347 e. The van der Waals surface area contributed by atoms with Crippen LogP contribution in [0.2, 0.25) is 0 Å². The monoisotopic (exact) mass is 310 g/mol. The number of carbonyl (C=O) groups excluding carboxylic acids is 2. The Kier molecular flexibility index (Phi) is 5.92. The summed E-state index contributed by atoms with van der Waals surface area (Å²) in [6.45, 7) is 4.29. The second kappa shape index (κ2) is 8.13. The molecule has 0 fully saturated rings. The van der Waals surface area contributed by atoms with Crippen molar-refractivity contribution in [2.45, 2.75) is 25.8 Å². The van der Waals surface area contributed by atoms with Crippen molar-refractivity contribution in [3.05, 3.63) is 71.8 Å². The van der Waals surface area contributed by atoms with Gasteiger partial charge in [0.25, 0.3) is 0 Å². The van der Waals surface area contributed by atoms with E-state index in [1.54, 1.807) is 0 Å². The standard InChI is InChI=1S/C19H22N2O2/c1-14(16-9-5-3-6-10-16)13-20-18(22)19(23)21-15(2)17-11-7-4-8-12-17/h3-12,14-15H,13H2,1-2H3,(H,20,22)(H,21,23)/t14-,15-/m0/s1. The van der Waals surface area contributed by atoms with Gasteiger partial charge in [-0.15, -0.1) is 0 Å². The Labute approximate surface area is 136 Å². The summed E-state index contributed by atoms with van der Waals surface area (Å²) in [5, 5.41) is 5.39. The van der Waals surface area contributed by atoms with Crippen molar-refractivity contribution in [1.29, 1.82) is 0 Å². The molecule has 2 aromatic rings. The minimum Gasteiger partial charge on any atom is -0.347 e. The highest BCUT2D eigenvalue weighted by atomic mass is 16.2. The lowest BCUT2D eigenvalue weighted by Gasteiger charge is -2.15. The van der Waals surface area contributed by atoms with Gasteiger partial charge < -0.3 is 10.6 Å². The van der Waals surface area contributed by atoms with Crippen LogP contribution >= 0.6 is 0 Å². The number of benzene rings is 2. The maximum absolute atomic E-state index is 12.0. The van der Waals surface area contributed by atoms with E-state index in [9.17, 15) is 9.59 Å². The molecule has 2 rings (SSSR count). The van der Waals surface area contributed by atoms with E-state index in [1.807, 2.05) is 74.5 Å². The Morgan fingerprint density at radius 2 is 1.35 bits per heavy atom. The highest BCUT2D eigenvalue weighted by molar-refractivity contribution is 6.35. The molecule has 23 heavy (non-hydrogen) atoms. The SMILES string of the molecule is C[C@H](NC(=O)C(=O)NC[C@H](C)c1ccccc1)c1ccccc1. The molecule has 0 saturated carbocycles. The van der Waals surface area contributed by atoms with E-state index in [2.05, 4.69) is 10.6 Å². The van der Waals surface area contributed by atoms with E-state index in [0.29, 0.717) is 6.54 Å². The van der Waals surface area contributed by atoms with Crippen molar-refractivity contribution in [3.8, 4) is 0 Å². The quantitative estimate of drug-likeness (QED) is 0.834. The van der Waals surface area contributed by atoms with E-state index in [-0.39, 0.29) is 12.0 Å². The molecule has 2 atom stereocenters. The van der Waals surface area contributed by atoms with E-state index >= 15 is 0 Å². The Morgan fingerprint density at radius 1 is 0.826 bits per heavy atom. The van der Waals surface area contributed by atoms with Crippen LogP contribution in [0.4, 0.5) is 0 Å².